The Bertz CT molecular complexity index is 639. The van der Waals surface area contributed by atoms with Gasteiger partial charge in [-0.1, -0.05) is 58.5 Å². The lowest BCUT2D eigenvalue weighted by Gasteiger charge is -2.36. The topological polar surface area (TPSA) is 47.6 Å². The smallest absolute Gasteiger partial charge is 0.245 e. The van der Waals surface area contributed by atoms with Crippen LogP contribution in [0.2, 0.25) is 0 Å². The second-order valence-electron chi connectivity index (χ2n) is 7.66. The Morgan fingerprint density at radius 2 is 2.24 bits per heavy atom. The Hall–Kier alpha value is -1.40. The molecule has 3 aliphatic rings. The number of rotatable bonds is 6. The van der Waals surface area contributed by atoms with E-state index in [4.69, 9.17) is 0 Å². The molecular formula is C19H30N4OS. The standard InChI is InChI=1S/C19H30N4OS/c1-6-19(5,11-13(3)4)18(24)21-23-12-15-16(22(23)7-2)14-9-8-10-20-17(14)25-15/h8-9,12-13,16,20H,6-7,10-11H2,1-5H3,(H,21,24). The number of nitrogens with zero attached hydrogens (tertiary/aromatic N) is 2. The highest BCUT2D eigenvalue weighted by molar-refractivity contribution is 8.07. The maximum Gasteiger partial charge on any atom is 0.245 e. The predicted octanol–water partition coefficient (Wildman–Crippen LogP) is 3.36. The molecule has 3 rings (SSSR count). The summed E-state index contributed by atoms with van der Waals surface area (Å²) in [5, 5.41) is 8.84. The fraction of sp³-hybridized carbons (Fsp3) is 0.632. The van der Waals surface area contributed by atoms with Crippen LogP contribution >= 0.6 is 11.8 Å². The molecule has 0 aromatic heterocycles. The molecule has 0 spiro atoms. The van der Waals surface area contributed by atoms with Gasteiger partial charge in [0.2, 0.25) is 5.91 Å². The normalized spacial score (nSPS) is 24.8. The zero-order valence-electron chi connectivity index (χ0n) is 15.9. The van der Waals surface area contributed by atoms with Gasteiger partial charge < -0.3 is 5.32 Å². The second-order valence-corrected chi connectivity index (χ2v) is 8.74. The first kappa shape index (κ1) is 18.4. The van der Waals surface area contributed by atoms with Gasteiger partial charge in [0.25, 0.3) is 0 Å². The number of likely N-dealkylation sites (N-methyl/N-ethyl adjacent to an activating group) is 1. The molecule has 0 aliphatic carbocycles. The van der Waals surface area contributed by atoms with Gasteiger partial charge in [-0.2, -0.15) is 5.01 Å². The van der Waals surface area contributed by atoms with Gasteiger partial charge in [-0.05, 0) is 18.8 Å². The summed E-state index contributed by atoms with van der Waals surface area (Å²) < 4.78 is 0. The van der Waals surface area contributed by atoms with Crippen molar-refractivity contribution in [1.82, 2.24) is 20.9 Å². The Balaban J connectivity index is 1.75. The van der Waals surface area contributed by atoms with Gasteiger partial charge in [0.15, 0.2) is 0 Å². The number of hydrogen-bond acceptors (Lipinski definition) is 5. The summed E-state index contributed by atoms with van der Waals surface area (Å²) >= 11 is 1.78. The second kappa shape index (κ2) is 7.08. The molecule has 138 valence electrons. The molecule has 0 aromatic rings. The van der Waals surface area contributed by atoms with Crippen molar-refractivity contribution >= 4 is 17.7 Å². The van der Waals surface area contributed by atoms with Crippen LogP contribution < -0.4 is 10.7 Å². The molecule has 5 nitrogen and oxygen atoms in total. The van der Waals surface area contributed by atoms with Gasteiger partial charge >= 0.3 is 0 Å². The first-order chi connectivity index (χ1) is 11.9. The SMILES string of the molecule is CCN1C2C(=CN1NC(=O)C(C)(CC)CC(C)C)SC1=C2C=CCN1. The number of amides is 1. The van der Waals surface area contributed by atoms with Crippen molar-refractivity contribution in [2.24, 2.45) is 11.3 Å². The fourth-order valence-corrected chi connectivity index (χ4v) is 5.05. The van der Waals surface area contributed by atoms with Crippen LogP contribution in [-0.4, -0.2) is 35.2 Å². The van der Waals surface area contributed by atoms with Crippen molar-refractivity contribution in [2.75, 3.05) is 13.1 Å². The Morgan fingerprint density at radius 1 is 1.48 bits per heavy atom. The largest absolute Gasteiger partial charge is 0.376 e. The maximum absolute atomic E-state index is 13.0. The van der Waals surface area contributed by atoms with Crippen molar-refractivity contribution in [3.05, 3.63) is 33.9 Å². The number of hydrazine groups is 2. The first-order valence-electron chi connectivity index (χ1n) is 9.30. The molecule has 0 saturated carbocycles. The van der Waals surface area contributed by atoms with Gasteiger partial charge in [-0.15, -0.1) is 0 Å². The number of fused-ring (bicyclic) bond motifs is 2. The van der Waals surface area contributed by atoms with E-state index in [1.54, 1.807) is 11.8 Å². The molecule has 1 amide bonds. The van der Waals surface area contributed by atoms with Crippen LogP contribution in [0.4, 0.5) is 0 Å². The first-order valence-corrected chi connectivity index (χ1v) is 10.1. The van der Waals surface area contributed by atoms with Crippen molar-refractivity contribution in [3.63, 3.8) is 0 Å². The van der Waals surface area contributed by atoms with Crippen LogP contribution in [-0.2, 0) is 4.79 Å². The predicted molar refractivity (Wildman–Crippen MR) is 104 cm³/mol. The number of carbonyl (C=O) groups excluding carboxylic acids is 1. The summed E-state index contributed by atoms with van der Waals surface area (Å²) in [6.45, 7) is 12.4. The summed E-state index contributed by atoms with van der Waals surface area (Å²) in [5.41, 5.74) is 4.13. The molecule has 0 saturated heterocycles. The van der Waals surface area contributed by atoms with Crippen LogP contribution in [0.15, 0.2) is 33.9 Å². The summed E-state index contributed by atoms with van der Waals surface area (Å²) in [4.78, 5) is 14.3. The minimum Gasteiger partial charge on any atom is -0.376 e. The van der Waals surface area contributed by atoms with Gasteiger partial charge in [0, 0.05) is 29.0 Å². The molecule has 2 N–H and O–H groups in total. The van der Waals surface area contributed by atoms with E-state index in [0.29, 0.717) is 5.92 Å². The highest BCUT2D eigenvalue weighted by Crippen LogP contribution is 2.47. The number of thioether (sulfide) groups is 1. The lowest BCUT2D eigenvalue weighted by atomic mass is 9.79. The van der Waals surface area contributed by atoms with Gasteiger partial charge in [-0.3, -0.25) is 10.2 Å². The number of nitrogens with one attached hydrogen (secondary N) is 2. The molecule has 0 radical (unpaired) electrons. The quantitative estimate of drug-likeness (QED) is 0.759. The Kier molecular flexibility index (Phi) is 5.21. The van der Waals surface area contributed by atoms with Crippen LogP contribution in [0.25, 0.3) is 0 Å². The van der Waals surface area contributed by atoms with E-state index < -0.39 is 0 Å². The fourth-order valence-electron chi connectivity index (χ4n) is 3.85. The molecule has 0 fully saturated rings. The zero-order valence-corrected chi connectivity index (χ0v) is 16.7. The van der Waals surface area contributed by atoms with Crippen molar-refractivity contribution < 1.29 is 4.79 Å². The van der Waals surface area contributed by atoms with Crippen LogP contribution in [0.1, 0.15) is 47.5 Å². The maximum atomic E-state index is 13.0. The third-order valence-corrected chi connectivity index (χ3v) is 6.42. The van der Waals surface area contributed by atoms with E-state index in [1.807, 2.05) is 5.12 Å². The van der Waals surface area contributed by atoms with Gasteiger partial charge in [0.1, 0.15) is 0 Å². The van der Waals surface area contributed by atoms with E-state index in [1.165, 1.54) is 15.5 Å². The average molecular weight is 363 g/mol. The van der Waals surface area contributed by atoms with Crippen LogP contribution in [0.5, 0.6) is 0 Å². The van der Waals surface area contributed by atoms with E-state index in [9.17, 15) is 4.79 Å². The third kappa shape index (κ3) is 3.34. The van der Waals surface area contributed by atoms with Crippen molar-refractivity contribution in [2.45, 2.75) is 53.5 Å². The Morgan fingerprint density at radius 3 is 2.88 bits per heavy atom. The summed E-state index contributed by atoms with van der Waals surface area (Å²) in [6.07, 6.45) is 8.19. The van der Waals surface area contributed by atoms with Gasteiger partial charge in [0.05, 0.1) is 17.3 Å². The molecule has 0 bridgehead atoms. The van der Waals surface area contributed by atoms with Gasteiger partial charge in [-0.25, -0.2) is 5.12 Å². The molecule has 6 heteroatoms. The van der Waals surface area contributed by atoms with Crippen LogP contribution in [0, 0.1) is 11.3 Å². The summed E-state index contributed by atoms with van der Waals surface area (Å²) in [5.74, 6) is 0.603. The molecule has 25 heavy (non-hydrogen) atoms. The molecule has 2 unspecified atom stereocenters. The molecule has 2 atom stereocenters. The minimum absolute atomic E-state index is 0.107. The average Bonchev–Trinajstić information content (AvgIpc) is 3.09. The number of dihydropyridines is 1. The van der Waals surface area contributed by atoms with E-state index in [-0.39, 0.29) is 17.4 Å². The highest BCUT2D eigenvalue weighted by atomic mass is 32.2. The number of hydrogen-bond donors (Lipinski definition) is 2. The number of carbonyl (C=O) groups is 1. The molecular weight excluding hydrogens is 332 g/mol. The summed E-state index contributed by atoms with van der Waals surface area (Å²) in [6, 6.07) is 0.215. The molecule has 3 aliphatic heterocycles. The lowest BCUT2D eigenvalue weighted by Crippen LogP contribution is -2.54. The van der Waals surface area contributed by atoms with Crippen molar-refractivity contribution in [3.8, 4) is 0 Å². The highest BCUT2D eigenvalue weighted by Gasteiger charge is 2.43. The zero-order chi connectivity index (χ0) is 18.2. The van der Waals surface area contributed by atoms with Crippen LogP contribution in [0.3, 0.4) is 0 Å². The van der Waals surface area contributed by atoms with E-state index in [2.05, 4.69) is 68.7 Å². The van der Waals surface area contributed by atoms with E-state index >= 15 is 0 Å². The monoisotopic (exact) mass is 362 g/mol. The third-order valence-electron chi connectivity index (χ3n) is 5.28. The van der Waals surface area contributed by atoms with Crippen molar-refractivity contribution in [1.29, 1.82) is 0 Å². The lowest BCUT2D eigenvalue weighted by molar-refractivity contribution is -0.142. The Labute approximate surface area is 155 Å². The molecule has 3 heterocycles. The minimum atomic E-state index is -0.340. The molecule has 0 aromatic carbocycles. The van der Waals surface area contributed by atoms with E-state index in [0.717, 1.165) is 25.9 Å². The summed E-state index contributed by atoms with van der Waals surface area (Å²) in [7, 11) is 0.